The number of ether oxygens (including phenoxy) is 1. The summed E-state index contributed by atoms with van der Waals surface area (Å²) in [6.45, 7) is 6.08. The Morgan fingerprint density at radius 3 is 2.10 bits per heavy atom. The highest BCUT2D eigenvalue weighted by atomic mass is 16.5. The minimum absolute atomic E-state index is 0.670. The molecular weight excluding hydrogens is 260 g/mol. The third-order valence-corrected chi connectivity index (χ3v) is 3.33. The lowest BCUT2D eigenvalue weighted by molar-refractivity contribution is 0.264. The zero-order valence-electron chi connectivity index (χ0n) is 12.7. The maximum atomic E-state index is 5.74. The molecule has 0 aliphatic heterocycles. The van der Waals surface area contributed by atoms with Gasteiger partial charge in [-0.05, 0) is 30.2 Å². The Balaban J connectivity index is 1.98. The highest BCUT2D eigenvalue weighted by Crippen LogP contribution is 2.15. The molecule has 0 heterocycles. The van der Waals surface area contributed by atoms with Crippen molar-refractivity contribution >= 4 is 0 Å². The summed E-state index contributed by atoms with van der Waals surface area (Å²) in [7, 11) is 0. The number of nitrogens with two attached hydrogens (primary N) is 1. The fourth-order valence-electron chi connectivity index (χ4n) is 2.35. The molecule has 2 N–H and O–H groups in total. The highest BCUT2D eigenvalue weighted by molar-refractivity contribution is 5.27. The molecule has 3 nitrogen and oxygen atoms in total. The van der Waals surface area contributed by atoms with Crippen LogP contribution in [-0.4, -0.2) is 24.6 Å². The molecule has 0 amide bonds. The predicted molar refractivity (Wildman–Crippen MR) is 87.2 cm³/mol. The second-order valence-corrected chi connectivity index (χ2v) is 5.06. The summed E-state index contributed by atoms with van der Waals surface area (Å²) in [6.07, 6.45) is 0. The fraction of sp³-hybridized carbons (Fsp3) is 0.333. The average Bonchev–Trinajstić information content (AvgIpc) is 2.51. The van der Waals surface area contributed by atoms with E-state index in [1.54, 1.807) is 0 Å². The normalized spacial score (nSPS) is 10.8. The minimum Gasteiger partial charge on any atom is -0.494 e. The molecule has 0 spiro atoms. The number of hydrogen-bond acceptors (Lipinski definition) is 3. The molecule has 0 unspecified atom stereocenters. The van der Waals surface area contributed by atoms with Crippen molar-refractivity contribution in [3.63, 3.8) is 0 Å². The van der Waals surface area contributed by atoms with Gasteiger partial charge in [0.25, 0.3) is 0 Å². The van der Waals surface area contributed by atoms with Crippen LogP contribution in [0.3, 0.4) is 0 Å². The maximum absolute atomic E-state index is 5.74. The molecule has 0 atom stereocenters. The standard InChI is InChI=1S/C18H24N2O/c1-2-21-18-10-8-17(9-11-18)15-20(13-12-19)14-16-6-4-3-5-7-16/h3-11H,2,12-15,19H2,1H3. The second-order valence-electron chi connectivity index (χ2n) is 5.06. The van der Waals surface area contributed by atoms with Gasteiger partial charge >= 0.3 is 0 Å². The Hall–Kier alpha value is -1.84. The van der Waals surface area contributed by atoms with Crippen LogP contribution in [-0.2, 0) is 13.1 Å². The second kappa shape index (κ2) is 8.45. The van der Waals surface area contributed by atoms with E-state index in [1.807, 2.05) is 25.1 Å². The van der Waals surface area contributed by atoms with E-state index in [-0.39, 0.29) is 0 Å². The van der Waals surface area contributed by atoms with Crippen molar-refractivity contribution in [2.24, 2.45) is 5.73 Å². The largest absolute Gasteiger partial charge is 0.494 e. The van der Waals surface area contributed by atoms with Crippen molar-refractivity contribution in [2.75, 3.05) is 19.7 Å². The fourth-order valence-corrected chi connectivity index (χ4v) is 2.35. The predicted octanol–water partition coefficient (Wildman–Crippen LogP) is 3.05. The minimum atomic E-state index is 0.670. The van der Waals surface area contributed by atoms with E-state index in [2.05, 4.69) is 41.3 Å². The van der Waals surface area contributed by atoms with Crippen molar-refractivity contribution < 1.29 is 4.74 Å². The Bertz CT molecular complexity index is 511. The third-order valence-electron chi connectivity index (χ3n) is 3.33. The van der Waals surface area contributed by atoms with Crippen LogP contribution in [0.15, 0.2) is 54.6 Å². The first kappa shape index (κ1) is 15.5. The molecular formula is C18H24N2O. The van der Waals surface area contributed by atoms with Gasteiger partial charge in [0.2, 0.25) is 0 Å². The van der Waals surface area contributed by atoms with Crippen LogP contribution in [0.4, 0.5) is 0 Å². The van der Waals surface area contributed by atoms with Crippen LogP contribution in [0, 0.1) is 0 Å². The smallest absolute Gasteiger partial charge is 0.119 e. The molecule has 0 aliphatic rings. The van der Waals surface area contributed by atoms with Gasteiger partial charge in [-0.3, -0.25) is 4.90 Å². The molecule has 2 aromatic carbocycles. The average molecular weight is 284 g/mol. The molecule has 0 bridgehead atoms. The molecule has 112 valence electrons. The van der Waals surface area contributed by atoms with Crippen molar-refractivity contribution in [1.29, 1.82) is 0 Å². The van der Waals surface area contributed by atoms with Gasteiger partial charge < -0.3 is 10.5 Å². The Labute approximate surface area is 127 Å². The van der Waals surface area contributed by atoms with Crippen molar-refractivity contribution in [3.8, 4) is 5.75 Å². The van der Waals surface area contributed by atoms with Crippen LogP contribution < -0.4 is 10.5 Å². The van der Waals surface area contributed by atoms with Crippen LogP contribution in [0.2, 0.25) is 0 Å². The molecule has 0 saturated carbocycles. The topological polar surface area (TPSA) is 38.5 Å². The zero-order valence-corrected chi connectivity index (χ0v) is 12.7. The first-order valence-corrected chi connectivity index (χ1v) is 7.50. The summed E-state index contributed by atoms with van der Waals surface area (Å²) < 4.78 is 5.48. The summed E-state index contributed by atoms with van der Waals surface area (Å²) in [6, 6.07) is 18.8. The molecule has 0 saturated heterocycles. The lowest BCUT2D eigenvalue weighted by atomic mass is 10.1. The van der Waals surface area contributed by atoms with E-state index in [9.17, 15) is 0 Å². The number of hydrogen-bond donors (Lipinski definition) is 1. The summed E-state index contributed by atoms with van der Waals surface area (Å²) in [5, 5.41) is 0. The molecule has 3 heteroatoms. The lowest BCUT2D eigenvalue weighted by Crippen LogP contribution is -2.28. The number of rotatable bonds is 8. The molecule has 0 radical (unpaired) electrons. The van der Waals surface area contributed by atoms with E-state index in [4.69, 9.17) is 10.5 Å². The summed E-state index contributed by atoms with van der Waals surface area (Å²) in [4.78, 5) is 2.37. The van der Waals surface area contributed by atoms with Crippen molar-refractivity contribution in [1.82, 2.24) is 4.90 Å². The quantitative estimate of drug-likeness (QED) is 0.809. The van der Waals surface area contributed by atoms with Gasteiger partial charge in [-0.25, -0.2) is 0 Å². The SMILES string of the molecule is CCOc1ccc(CN(CCN)Cc2ccccc2)cc1. The monoisotopic (exact) mass is 284 g/mol. The van der Waals surface area contributed by atoms with Gasteiger partial charge in [-0.15, -0.1) is 0 Å². The molecule has 2 aromatic rings. The van der Waals surface area contributed by atoms with E-state index in [0.29, 0.717) is 13.2 Å². The highest BCUT2D eigenvalue weighted by Gasteiger charge is 2.06. The van der Waals surface area contributed by atoms with Crippen LogP contribution in [0.5, 0.6) is 5.75 Å². The summed E-state index contributed by atoms with van der Waals surface area (Å²) in [5.41, 5.74) is 8.34. The number of nitrogens with zero attached hydrogens (tertiary/aromatic N) is 1. The van der Waals surface area contributed by atoms with E-state index < -0.39 is 0 Å². The molecule has 21 heavy (non-hydrogen) atoms. The molecule has 0 aliphatic carbocycles. The molecule has 0 fully saturated rings. The van der Waals surface area contributed by atoms with E-state index in [0.717, 1.165) is 25.4 Å². The lowest BCUT2D eigenvalue weighted by Gasteiger charge is -2.22. The van der Waals surface area contributed by atoms with E-state index >= 15 is 0 Å². The van der Waals surface area contributed by atoms with Gasteiger partial charge in [0.1, 0.15) is 5.75 Å². The van der Waals surface area contributed by atoms with Gasteiger partial charge in [0.15, 0.2) is 0 Å². The van der Waals surface area contributed by atoms with Gasteiger partial charge in [-0.2, -0.15) is 0 Å². The van der Waals surface area contributed by atoms with Gasteiger partial charge in [-0.1, -0.05) is 42.5 Å². The molecule has 0 aromatic heterocycles. The number of benzene rings is 2. The Morgan fingerprint density at radius 1 is 0.905 bits per heavy atom. The van der Waals surface area contributed by atoms with Crippen LogP contribution in [0.1, 0.15) is 18.1 Å². The zero-order chi connectivity index (χ0) is 14.9. The van der Waals surface area contributed by atoms with Gasteiger partial charge in [0.05, 0.1) is 6.61 Å². The maximum Gasteiger partial charge on any atom is 0.119 e. The van der Waals surface area contributed by atoms with Crippen molar-refractivity contribution in [2.45, 2.75) is 20.0 Å². The van der Waals surface area contributed by atoms with Gasteiger partial charge in [0, 0.05) is 26.2 Å². The third kappa shape index (κ3) is 5.21. The van der Waals surface area contributed by atoms with Crippen LogP contribution >= 0.6 is 0 Å². The van der Waals surface area contributed by atoms with Crippen molar-refractivity contribution in [3.05, 3.63) is 65.7 Å². The summed E-state index contributed by atoms with van der Waals surface area (Å²) >= 11 is 0. The Morgan fingerprint density at radius 2 is 1.52 bits per heavy atom. The van der Waals surface area contributed by atoms with E-state index in [1.165, 1.54) is 11.1 Å². The first-order chi connectivity index (χ1) is 10.3. The first-order valence-electron chi connectivity index (χ1n) is 7.50. The van der Waals surface area contributed by atoms with Crippen LogP contribution in [0.25, 0.3) is 0 Å². The summed E-state index contributed by atoms with van der Waals surface area (Å²) in [5.74, 6) is 0.926. The molecule has 2 rings (SSSR count). The Kier molecular flexibility index (Phi) is 6.25.